The summed E-state index contributed by atoms with van der Waals surface area (Å²) in [6.07, 6.45) is 0. The van der Waals surface area contributed by atoms with Gasteiger partial charge in [-0.05, 0) is 6.92 Å². The average Bonchev–Trinajstić information content (AvgIpc) is 2.27. The van der Waals surface area contributed by atoms with Crippen molar-refractivity contribution < 1.29 is 17.7 Å². The Morgan fingerprint density at radius 1 is 1.42 bits per heavy atom. The molecule has 0 spiro atoms. The standard InChI is InChI=1S/C10H14FN3O4S/c1-4-12-9-6-7(14(15)16)5-8(11)10(9)19(17,18)13(2)3/h5-6,12H,4H2,1-3H3. The summed E-state index contributed by atoms with van der Waals surface area (Å²) >= 11 is 0. The van der Waals surface area contributed by atoms with Gasteiger partial charge in [0.05, 0.1) is 16.7 Å². The Balaban J connectivity index is 3.60. The molecule has 1 N–H and O–H groups in total. The molecule has 1 rings (SSSR count). The first-order valence-corrected chi connectivity index (χ1v) is 6.80. The highest BCUT2D eigenvalue weighted by molar-refractivity contribution is 7.89. The number of rotatable bonds is 5. The quantitative estimate of drug-likeness (QED) is 0.654. The predicted molar refractivity (Wildman–Crippen MR) is 68.1 cm³/mol. The molecule has 1 aromatic rings. The minimum Gasteiger partial charge on any atom is -0.384 e. The number of benzene rings is 1. The molecule has 0 aliphatic carbocycles. The van der Waals surface area contributed by atoms with E-state index in [-0.39, 0.29) is 5.69 Å². The number of nitro groups is 1. The first kappa shape index (κ1) is 15.3. The smallest absolute Gasteiger partial charge is 0.274 e. The van der Waals surface area contributed by atoms with Gasteiger partial charge in [-0.1, -0.05) is 0 Å². The van der Waals surface area contributed by atoms with E-state index in [0.717, 1.165) is 10.4 Å². The normalized spacial score (nSPS) is 11.6. The summed E-state index contributed by atoms with van der Waals surface area (Å²) in [5, 5.41) is 13.3. The van der Waals surface area contributed by atoms with Crippen LogP contribution < -0.4 is 5.32 Å². The maximum atomic E-state index is 13.9. The van der Waals surface area contributed by atoms with Crippen LogP contribution in [0.4, 0.5) is 15.8 Å². The van der Waals surface area contributed by atoms with E-state index in [9.17, 15) is 22.9 Å². The van der Waals surface area contributed by atoms with Gasteiger partial charge in [-0.15, -0.1) is 0 Å². The first-order chi connectivity index (χ1) is 8.71. The average molecular weight is 291 g/mol. The van der Waals surface area contributed by atoms with Gasteiger partial charge < -0.3 is 5.32 Å². The molecule has 0 fully saturated rings. The number of halogens is 1. The van der Waals surface area contributed by atoms with Gasteiger partial charge in [-0.2, -0.15) is 0 Å². The summed E-state index contributed by atoms with van der Waals surface area (Å²) < 4.78 is 38.8. The molecule has 0 amide bonds. The Labute approximate surface area is 110 Å². The molecule has 7 nitrogen and oxygen atoms in total. The lowest BCUT2D eigenvalue weighted by atomic mass is 10.2. The highest BCUT2D eigenvalue weighted by atomic mass is 32.2. The fourth-order valence-corrected chi connectivity index (χ4v) is 2.53. The molecule has 1 aromatic carbocycles. The highest BCUT2D eigenvalue weighted by Gasteiger charge is 2.28. The van der Waals surface area contributed by atoms with Crippen LogP contribution in [0.2, 0.25) is 0 Å². The van der Waals surface area contributed by atoms with Crippen LogP contribution in [0.3, 0.4) is 0 Å². The lowest BCUT2D eigenvalue weighted by Crippen LogP contribution is -2.24. The van der Waals surface area contributed by atoms with Crippen molar-refractivity contribution in [1.29, 1.82) is 0 Å². The largest absolute Gasteiger partial charge is 0.384 e. The molecular weight excluding hydrogens is 277 g/mol. The van der Waals surface area contributed by atoms with Crippen LogP contribution in [0.5, 0.6) is 0 Å². The summed E-state index contributed by atoms with van der Waals surface area (Å²) in [6, 6.07) is 1.60. The Morgan fingerprint density at radius 2 is 2.00 bits per heavy atom. The van der Waals surface area contributed by atoms with E-state index < -0.39 is 31.3 Å². The molecule has 0 atom stereocenters. The molecular formula is C10H14FN3O4S. The topological polar surface area (TPSA) is 92.5 Å². The molecule has 0 saturated carbocycles. The van der Waals surface area contributed by atoms with Crippen LogP contribution in [-0.2, 0) is 10.0 Å². The lowest BCUT2D eigenvalue weighted by molar-refractivity contribution is -0.385. The van der Waals surface area contributed by atoms with Crippen molar-refractivity contribution in [3.05, 3.63) is 28.1 Å². The zero-order valence-corrected chi connectivity index (χ0v) is 11.5. The lowest BCUT2D eigenvalue weighted by Gasteiger charge is -2.16. The van der Waals surface area contributed by atoms with E-state index in [4.69, 9.17) is 0 Å². The second-order valence-electron chi connectivity index (χ2n) is 3.88. The molecule has 0 saturated heterocycles. The summed E-state index contributed by atoms with van der Waals surface area (Å²) in [6.45, 7) is 1.97. The minimum absolute atomic E-state index is 0.122. The fraction of sp³-hybridized carbons (Fsp3) is 0.400. The molecule has 0 unspecified atom stereocenters. The number of hydrogen-bond acceptors (Lipinski definition) is 5. The fourth-order valence-electron chi connectivity index (χ4n) is 1.45. The van der Waals surface area contributed by atoms with E-state index in [1.165, 1.54) is 14.1 Å². The van der Waals surface area contributed by atoms with Gasteiger partial charge in [0.2, 0.25) is 10.0 Å². The monoisotopic (exact) mass is 291 g/mol. The number of non-ortho nitro benzene ring substituents is 1. The highest BCUT2D eigenvalue weighted by Crippen LogP contribution is 2.31. The molecule has 0 radical (unpaired) electrons. The maximum Gasteiger partial charge on any atom is 0.274 e. The maximum absolute atomic E-state index is 13.9. The Hall–Kier alpha value is -1.74. The SMILES string of the molecule is CCNc1cc([N+](=O)[O-])cc(F)c1S(=O)(=O)N(C)C. The third-order valence-corrected chi connectivity index (χ3v) is 4.24. The minimum atomic E-state index is -4.03. The van der Waals surface area contributed by atoms with Crippen LogP contribution in [-0.4, -0.2) is 38.3 Å². The van der Waals surface area contributed by atoms with Crippen molar-refractivity contribution in [3.63, 3.8) is 0 Å². The Kier molecular flexibility index (Phi) is 4.43. The van der Waals surface area contributed by atoms with Gasteiger partial charge in [0.15, 0.2) is 5.82 Å². The van der Waals surface area contributed by atoms with Crippen molar-refractivity contribution in [3.8, 4) is 0 Å². The van der Waals surface area contributed by atoms with Gasteiger partial charge in [-0.3, -0.25) is 10.1 Å². The van der Waals surface area contributed by atoms with Gasteiger partial charge in [-0.25, -0.2) is 17.1 Å². The molecule has 0 aliphatic rings. The molecule has 0 heterocycles. The van der Waals surface area contributed by atoms with Crippen LogP contribution in [0, 0.1) is 15.9 Å². The van der Waals surface area contributed by atoms with Crippen LogP contribution in [0.25, 0.3) is 0 Å². The van der Waals surface area contributed by atoms with E-state index in [2.05, 4.69) is 5.32 Å². The van der Waals surface area contributed by atoms with Crippen molar-refractivity contribution in [2.24, 2.45) is 0 Å². The van der Waals surface area contributed by atoms with Gasteiger partial charge in [0.25, 0.3) is 5.69 Å². The third kappa shape index (κ3) is 2.99. The van der Waals surface area contributed by atoms with Gasteiger partial charge >= 0.3 is 0 Å². The number of hydrogen-bond donors (Lipinski definition) is 1. The predicted octanol–water partition coefficient (Wildman–Crippen LogP) is 1.42. The number of nitro benzene ring substituents is 1. The van der Waals surface area contributed by atoms with E-state index >= 15 is 0 Å². The van der Waals surface area contributed by atoms with Crippen molar-refractivity contribution in [1.82, 2.24) is 4.31 Å². The molecule has 106 valence electrons. The summed E-state index contributed by atoms with van der Waals surface area (Å²) in [4.78, 5) is 9.28. The molecule has 0 bridgehead atoms. The van der Waals surface area contributed by atoms with Crippen molar-refractivity contribution in [2.75, 3.05) is 26.0 Å². The van der Waals surface area contributed by atoms with E-state index in [0.29, 0.717) is 12.6 Å². The first-order valence-electron chi connectivity index (χ1n) is 5.36. The number of nitrogens with one attached hydrogen (secondary N) is 1. The Morgan fingerprint density at radius 3 is 2.42 bits per heavy atom. The second-order valence-corrected chi connectivity index (χ2v) is 5.97. The molecule has 19 heavy (non-hydrogen) atoms. The molecule has 9 heteroatoms. The zero-order chi connectivity index (χ0) is 14.8. The Bertz CT molecular complexity index is 601. The van der Waals surface area contributed by atoms with Crippen LogP contribution in [0.1, 0.15) is 6.92 Å². The number of anilines is 1. The summed E-state index contributed by atoms with van der Waals surface area (Å²) in [7, 11) is -1.52. The van der Waals surface area contributed by atoms with E-state index in [1.807, 2.05) is 0 Å². The zero-order valence-electron chi connectivity index (χ0n) is 10.7. The number of sulfonamides is 1. The van der Waals surface area contributed by atoms with Crippen molar-refractivity contribution in [2.45, 2.75) is 11.8 Å². The van der Waals surface area contributed by atoms with Crippen LogP contribution >= 0.6 is 0 Å². The third-order valence-electron chi connectivity index (χ3n) is 2.35. The summed E-state index contributed by atoms with van der Waals surface area (Å²) in [5.74, 6) is -1.15. The van der Waals surface area contributed by atoms with Crippen molar-refractivity contribution >= 4 is 21.4 Å². The summed E-state index contributed by atoms with van der Waals surface area (Å²) in [5.41, 5.74) is -0.631. The molecule has 0 aliphatic heterocycles. The van der Waals surface area contributed by atoms with Gasteiger partial charge in [0.1, 0.15) is 4.90 Å². The second kappa shape index (κ2) is 5.49. The number of nitrogens with zero attached hydrogens (tertiary/aromatic N) is 2. The van der Waals surface area contributed by atoms with Gasteiger partial charge in [0, 0.05) is 26.7 Å². The van der Waals surface area contributed by atoms with Crippen LogP contribution in [0.15, 0.2) is 17.0 Å². The van der Waals surface area contributed by atoms with E-state index in [1.54, 1.807) is 6.92 Å². The molecule has 0 aromatic heterocycles.